The molecular weight excluding hydrogens is 240 g/mol. The van der Waals surface area contributed by atoms with E-state index < -0.39 is 11.8 Å². The number of carboxylic acids is 1. The molecule has 2 rings (SSSR count). The molecule has 0 amide bonds. The Labute approximate surface area is 104 Å². The number of ether oxygens (including phenoxy) is 2. The molecule has 0 atom stereocenters. The predicted molar refractivity (Wildman–Crippen MR) is 64.3 cm³/mol. The first-order valence-corrected chi connectivity index (χ1v) is 6.42. The van der Waals surface area contributed by atoms with Gasteiger partial charge in [0.2, 0.25) is 5.79 Å². The zero-order chi connectivity index (χ0) is 12.5. The highest BCUT2D eigenvalue weighted by molar-refractivity contribution is 7.12. The summed E-state index contributed by atoms with van der Waals surface area (Å²) in [6.07, 6.45) is 0.731. The van der Waals surface area contributed by atoms with Gasteiger partial charge in [-0.15, -0.1) is 11.3 Å². The standard InChI is InChI=1S/C12H16O4S/c1-8-7-9(3-4-10(13)14)17-11(8)12(2)15-5-6-16-12/h7H,3-6H2,1-2H3,(H,13,14). The van der Waals surface area contributed by atoms with Crippen molar-refractivity contribution in [2.24, 2.45) is 0 Å². The Kier molecular flexibility index (Phi) is 3.51. The number of thiophene rings is 1. The molecule has 2 heterocycles. The van der Waals surface area contributed by atoms with E-state index in [1.54, 1.807) is 11.3 Å². The SMILES string of the molecule is Cc1cc(CCC(=O)O)sc1C1(C)OCCO1. The van der Waals surface area contributed by atoms with Crippen LogP contribution in [-0.4, -0.2) is 24.3 Å². The second kappa shape index (κ2) is 4.76. The minimum Gasteiger partial charge on any atom is -0.481 e. The summed E-state index contributed by atoms with van der Waals surface area (Å²) in [6, 6.07) is 2.03. The third kappa shape index (κ3) is 2.68. The Morgan fingerprint density at radius 1 is 1.53 bits per heavy atom. The smallest absolute Gasteiger partial charge is 0.303 e. The van der Waals surface area contributed by atoms with Crippen LogP contribution in [0, 0.1) is 6.92 Å². The lowest BCUT2D eigenvalue weighted by Crippen LogP contribution is -2.21. The van der Waals surface area contributed by atoms with Gasteiger partial charge in [0.1, 0.15) is 0 Å². The minimum atomic E-state index is -0.766. The van der Waals surface area contributed by atoms with Gasteiger partial charge in [0.05, 0.1) is 24.5 Å². The highest BCUT2D eigenvalue weighted by Crippen LogP contribution is 2.38. The molecule has 0 saturated carbocycles. The van der Waals surface area contributed by atoms with Crippen molar-refractivity contribution in [1.82, 2.24) is 0 Å². The number of aliphatic carboxylic acids is 1. The Balaban J connectivity index is 2.15. The lowest BCUT2D eigenvalue weighted by atomic mass is 10.1. The molecule has 1 aliphatic heterocycles. The minimum absolute atomic E-state index is 0.165. The Bertz CT molecular complexity index is 418. The van der Waals surface area contributed by atoms with Crippen LogP contribution in [0.2, 0.25) is 0 Å². The van der Waals surface area contributed by atoms with Gasteiger partial charge >= 0.3 is 5.97 Å². The molecule has 94 valence electrons. The molecule has 0 bridgehead atoms. The monoisotopic (exact) mass is 256 g/mol. The summed E-state index contributed by atoms with van der Waals surface area (Å²) in [5.74, 6) is -1.41. The molecule has 0 unspecified atom stereocenters. The average molecular weight is 256 g/mol. The van der Waals surface area contributed by atoms with E-state index in [0.717, 1.165) is 15.3 Å². The summed E-state index contributed by atoms with van der Waals surface area (Å²) in [5.41, 5.74) is 1.11. The molecule has 1 N–H and O–H groups in total. The van der Waals surface area contributed by atoms with E-state index in [0.29, 0.717) is 19.6 Å². The van der Waals surface area contributed by atoms with Crippen molar-refractivity contribution in [1.29, 1.82) is 0 Å². The van der Waals surface area contributed by atoms with E-state index in [2.05, 4.69) is 0 Å². The highest BCUT2D eigenvalue weighted by atomic mass is 32.1. The zero-order valence-electron chi connectivity index (χ0n) is 9.99. The number of hydrogen-bond donors (Lipinski definition) is 1. The highest BCUT2D eigenvalue weighted by Gasteiger charge is 2.36. The van der Waals surface area contributed by atoms with Crippen molar-refractivity contribution in [3.8, 4) is 0 Å². The maximum Gasteiger partial charge on any atom is 0.303 e. The molecule has 1 aromatic heterocycles. The van der Waals surface area contributed by atoms with Crippen molar-refractivity contribution in [3.63, 3.8) is 0 Å². The average Bonchev–Trinajstić information content (AvgIpc) is 2.83. The van der Waals surface area contributed by atoms with Gasteiger partial charge in [-0.25, -0.2) is 0 Å². The number of rotatable bonds is 4. The van der Waals surface area contributed by atoms with E-state index in [4.69, 9.17) is 14.6 Å². The fraction of sp³-hybridized carbons (Fsp3) is 0.583. The third-order valence-electron chi connectivity index (χ3n) is 2.80. The third-order valence-corrected chi connectivity index (χ3v) is 4.29. The summed E-state index contributed by atoms with van der Waals surface area (Å²) in [6.45, 7) is 5.14. The second-order valence-corrected chi connectivity index (χ2v) is 5.40. The van der Waals surface area contributed by atoms with Gasteiger partial charge in [-0.3, -0.25) is 4.79 Å². The molecule has 5 heteroatoms. The Hall–Kier alpha value is -0.910. The molecular formula is C12H16O4S. The van der Waals surface area contributed by atoms with Crippen LogP contribution in [0.3, 0.4) is 0 Å². The lowest BCUT2D eigenvalue weighted by Gasteiger charge is -2.21. The molecule has 4 nitrogen and oxygen atoms in total. The molecule has 1 aliphatic rings. The van der Waals surface area contributed by atoms with Gasteiger partial charge in [-0.2, -0.15) is 0 Å². The zero-order valence-corrected chi connectivity index (χ0v) is 10.8. The molecule has 0 aliphatic carbocycles. The molecule has 17 heavy (non-hydrogen) atoms. The molecule has 0 radical (unpaired) electrons. The topological polar surface area (TPSA) is 55.8 Å². The van der Waals surface area contributed by atoms with Crippen LogP contribution in [0.15, 0.2) is 6.07 Å². The first-order chi connectivity index (χ1) is 8.01. The summed E-state index contributed by atoms with van der Waals surface area (Å²) >= 11 is 1.58. The fourth-order valence-electron chi connectivity index (χ4n) is 2.00. The van der Waals surface area contributed by atoms with Gasteiger partial charge < -0.3 is 14.6 Å². The van der Waals surface area contributed by atoms with Crippen molar-refractivity contribution in [2.45, 2.75) is 32.5 Å². The number of carboxylic acid groups (broad SMARTS) is 1. The largest absolute Gasteiger partial charge is 0.481 e. The molecule has 1 fully saturated rings. The summed E-state index contributed by atoms with van der Waals surface area (Å²) < 4.78 is 11.2. The van der Waals surface area contributed by atoms with Gasteiger partial charge in [-0.1, -0.05) is 0 Å². The molecule has 0 spiro atoms. The van der Waals surface area contributed by atoms with Crippen LogP contribution in [0.4, 0.5) is 0 Å². The molecule has 1 aromatic rings. The maximum atomic E-state index is 10.5. The van der Waals surface area contributed by atoms with Crippen LogP contribution in [0.1, 0.15) is 28.7 Å². The quantitative estimate of drug-likeness (QED) is 0.898. The Morgan fingerprint density at radius 3 is 2.76 bits per heavy atom. The predicted octanol–water partition coefficient (Wildman–Crippen LogP) is 2.29. The normalized spacial score (nSPS) is 18.5. The lowest BCUT2D eigenvalue weighted by molar-refractivity contribution is -0.147. The van der Waals surface area contributed by atoms with Gasteiger partial charge in [-0.05, 0) is 31.9 Å². The van der Waals surface area contributed by atoms with E-state index >= 15 is 0 Å². The summed E-state index contributed by atoms with van der Waals surface area (Å²) in [7, 11) is 0. The Morgan fingerprint density at radius 2 is 2.18 bits per heavy atom. The van der Waals surface area contributed by atoms with Crippen molar-refractivity contribution >= 4 is 17.3 Å². The van der Waals surface area contributed by atoms with Gasteiger partial charge in [0.15, 0.2) is 0 Å². The van der Waals surface area contributed by atoms with Crippen LogP contribution in [0.25, 0.3) is 0 Å². The number of aryl methyl sites for hydroxylation is 2. The van der Waals surface area contributed by atoms with Crippen molar-refractivity contribution < 1.29 is 19.4 Å². The summed E-state index contributed by atoms with van der Waals surface area (Å²) in [4.78, 5) is 12.7. The first kappa shape index (κ1) is 12.5. The van der Waals surface area contributed by atoms with E-state index in [9.17, 15) is 4.79 Å². The van der Waals surface area contributed by atoms with E-state index in [-0.39, 0.29) is 6.42 Å². The van der Waals surface area contributed by atoms with Gasteiger partial charge in [0, 0.05) is 4.88 Å². The van der Waals surface area contributed by atoms with Crippen molar-refractivity contribution in [3.05, 3.63) is 21.4 Å². The molecule has 1 saturated heterocycles. The van der Waals surface area contributed by atoms with Crippen molar-refractivity contribution in [2.75, 3.05) is 13.2 Å². The first-order valence-electron chi connectivity index (χ1n) is 5.61. The summed E-state index contributed by atoms with van der Waals surface area (Å²) in [5, 5.41) is 8.67. The van der Waals surface area contributed by atoms with E-state index in [1.807, 2.05) is 19.9 Å². The fourth-order valence-corrected chi connectivity index (χ4v) is 3.22. The van der Waals surface area contributed by atoms with Gasteiger partial charge in [0.25, 0.3) is 0 Å². The van der Waals surface area contributed by atoms with Crippen LogP contribution in [-0.2, 0) is 26.5 Å². The van der Waals surface area contributed by atoms with Crippen LogP contribution in [0.5, 0.6) is 0 Å². The number of hydrogen-bond acceptors (Lipinski definition) is 4. The van der Waals surface area contributed by atoms with E-state index in [1.165, 1.54) is 0 Å². The maximum absolute atomic E-state index is 10.5. The number of carbonyl (C=O) groups is 1. The van der Waals surface area contributed by atoms with Crippen LogP contribution >= 0.6 is 11.3 Å². The second-order valence-electron chi connectivity index (χ2n) is 4.26. The van der Waals surface area contributed by atoms with Crippen LogP contribution < -0.4 is 0 Å². The molecule has 0 aromatic carbocycles.